The average Bonchev–Trinajstić information content (AvgIpc) is 2.78. The zero-order valence-electron chi connectivity index (χ0n) is 12.1. The summed E-state index contributed by atoms with van der Waals surface area (Å²) in [5, 5.41) is 15.9. The minimum atomic E-state index is 0.373. The Balaban J connectivity index is 1.87. The van der Waals surface area contributed by atoms with E-state index in [1.807, 2.05) is 14.1 Å². The van der Waals surface area contributed by atoms with Crippen molar-refractivity contribution in [2.45, 2.75) is 31.7 Å². The second-order valence-corrected chi connectivity index (χ2v) is 5.52. The maximum Gasteiger partial charge on any atom is 0.175 e. The number of hydrogen-bond acceptors (Lipinski definition) is 4. The third-order valence-corrected chi connectivity index (χ3v) is 4.19. The Kier molecular flexibility index (Phi) is 3.78. The molecule has 0 aliphatic heterocycles. The minimum Gasteiger partial charge on any atom is -0.313 e. The van der Waals surface area contributed by atoms with Crippen LogP contribution < -0.4 is 5.32 Å². The van der Waals surface area contributed by atoms with Crippen molar-refractivity contribution in [3.8, 4) is 0 Å². The molecule has 106 valence electrons. The third-order valence-electron chi connectivity index (χ3n) is 4.19. The first-order valence-corrected chi connectivity index (χ1v) is 7.26. The quantitative estimate of drug-likeness (QED) is 0.863. The van der Waals surface area contributed by atoms with E-state index >= 15 is 0 Å². The molecule has 0 saturated carbocycles. The summed E-state index contributed by atoms with van der Waals surface area (Å²) < 4.78 is 0. The van der Waals surface area contributed by atoms with Crippen LogP contribution in [-0.2, 0) is 19.9 Å². The highest BCUT2D eigenvalue weighted by Gasteiger charge is 2.27. The van der Waals surface area contributed by atoms with Crippen LogP contribution in [0.2, 0.25) is 0 Å². The molecule has 3 rings (SSSR count). The van der Waals surface area contributed by atoms with Crippen LogP contribution in [-0.4, -0.2) is 27.3 Å². The van der Waals surface area contributed by atoms with Crippen LogP contribution in [0.15, 0.2) is 24.3 Å². The summed E-state index contributed by atoms with van der Waals surface area (Å²) in [5.41, 5.74) is 2.91. The Bertz CT molecular complexity index is 577. The molecule has 0 spiro atoms. The third kappa shape index (κ3) is 2.58. The van der Waals surface area contributed by atoms with Gasteiger partial charge in [-0.25, -0.2) is 0 Å². The highest BCUT2D eigenvalue weighted by Crippen LogP contribution is 2.34. The Labute approximate surface area is 119 Å². The molecule has 5 nitrogen and oxygen atoms in total. The van der Waals surface area contributed by atoms with Crippen LogP contribution in [0.3, 0.4) is 0 Å². The van der Waals surface area contributed by atoms with Gasteiger partial charge in [-0.1, -0.05) is 24.3 Å². The molecular weight excluding hydrogens is 250 g/mol. The predicted octanol–water partition coefficient (Wildman–Crippen LogP) is 1.67. The summed E-state index contributed by atoms with van der Waals surface area (Å²) in [5.74, 6) is 1.37. The van der Waals surface area contributed by atoms with Crippen molar-refractivity contribution in [2.75, 3.05) is 7.05 Å². The lowest BCUT2D eigenvalue weighted by Crippen LogP contribution is -2.26. The van der Waals surface area contributed by atoms with Crippen molar-refractivity contribution in [3.63, 3.8) is 0 Å². The van der Waals surface area contributed by atoms with E-state index in [2.05, 4.69) is 45.0 Å². The summed E-state index contributed by atoms with van der Waals surface area (Å²) >= 11 is 0. The van der Waals surface area contributed by atoms with E-state index < -0.39 is 0 Å². The molecule has 2 aromatic rings. The molecule has 2 unspecified atom stereocenters. The van der Waals surface area contributed by atoms with Crippen LogP contribution in [0.5, 0.6) is 0 Å². The van der Waals surface area contributed by atoms with Crippen molar-refractivity contribution < 1.29 is 0 Å². The van der Waals surface area contributed by atoms with Crippen LogP contribution in [0.25, 0.3) is 0 Å². The first-order valence-electron chi connectivity index (χ1n) is 7.26. The molecule has 1 aliphatic rings. The van der Waals surface area contributed by atoms with Crippen molar-refractivity contribution in [1.29, 1.82) is 0 Å². The van der Waals surface area contributed by atoms with Crippen molar-refractivity contribution in [1.82, 2.24) is 25.5 Å². The number of nitrogens with one attached hydrogen (secondary N) is 1. The molecule has 0 bridgehead atoms. The summed E-state index contributed by atoms with van der Waals surface area (Å²) in [6, 6.07) is 9.14. The largest absolute Gasteiger partial charge is 0.313 e. The molecule has 0 radical (unpaired) electrons. The van der Waals surface area contributed by atoms with Gasteiger partial charge in [-0.3, -0.25) is 0 Å². The smallest absolute Gasteiger partial charge is 0.175 e. The van der Waals surface area contributed by atoms with E-state index in [1.165, 1.54) is 35.2 Å². The fourth-order valence-electron chi connectivity index (χ4n) is 3.29. The number of rotatable bonds is 3. The SMILES string of the molecule is CNC1c2ccccc2CCCC1Cc1nnn(C)n1. The zero-order chi connectivity index (χ0) is 13.9. The number of hydrogen-bond donors (Lipinski definition) is 1. The molecule has 0 saturated heterocycles. The number of aromatic nitrogens is 4. The van der Waals surface area contributed by atoms with Crippen LogP contribution >= 0.6 is 0 Å². The summed E-state index contributed by atoms with van der Waals surface area (Å²) in [7, 11) is 3.86. The Morgan fingerprint density at radius 1 is 1.35 bits per heavy atom. The van der Waals surface area contributed by atoms with Crippen LogP contribution in [0.1, 0.15) is 35.8 Å². The minimum absolute atomic E-state index is 0.373. The molecule has 0 fully saturated rings. The molecular formula is C15H21N5. The van der Waals surface area contributed by atoms with Gasteiger partial charge in [0.2, 0.25) is 0 Å². The first kappa shape index (κ1) is 13.2. The van der Waals surface area contributed by atoms with E-state index in [4.69, 9.17) is 0 Å². The first-order chi connectivity index (χ1) is 9.78. The number of tetrazole rings is 1. The fraction of sp³-hybridized carbons (Fsp3) is 0.533. The van der Waals surface area contributed by atoms with Gasteiger partial charge < -0.3 is 5.32 Å². The summed E-state index contributed by atoms with van der Waals surface area (Å²) in [4.78, 5) is 1.54. The maximum atomic E-state index is 4.33. The van der Waals surface area contributed by atoms with Crippen molar-refractivity contribution in [3.05, 3.63) is 41.2 Å². The highest BCUT2D eigenvalue weighted by molar-refractivity contribution is 5.32. The molecule has 5 heteroatoms. The second-order valence-electron chi connectivity index (χ2n) is 5.52. The van der Waals surface area contributed by atoms with Gasteiger partial charge in [0.25, 0.3) is 0 Å². The monoisotopic (exact) mass is 271 g/mol. The van der Waals surface area contributed by atoms with Gasteiger partial charge in [0, 0.05) is 12.5 Å². The van der Waals surface area contributed by atoms with Gasteiger partial charge in [-0.05, 0) is 48.6 Å². The molecule has 20 heavy (non-hydrogen) atoms. The molecule has 1 aliphatic carbocycles. The van der Waals surface area contributed by atoms with Gasteiger partial charge in [0.05, 0.1) is 7.05 Å². The summed E-state index contributed by atoms with van der Waals surface area (Å²) in [6.07, 6.45) is 4.46. The van der Waals surface area contributed by atoms with Gasteiger partial charge in [-0.2, -0.15) is 4.80 Å². The van der Waals surface area contributed by atoms with Gasteiger partial charge in [0.15, 0.2) is 5.82 Å². The second kappa shape index (κ2) is 5.71. The van der Waals surface area contributed by atoms with E-state index in [0.29, 0.717) is 12.0 Å². The number of fused-ring (bicyclic) bond motifs is 1. The Morgan fingerprint density at radius 3 is 2.95 bits per heavy atom. The van der Waals surface area contributed by atoms with E-state index in [9.17, 15) is 0 Å². The lowest BCUT2D eigenvalue weighted by atomic mass is 9.88. The van der Waals surface area contributed by atoms with E-state index in [1.54, 1.807) is 0 Å². The maximum absolute atomic E-state index is 4.33. The average molecular weight is 271 g/mol. The fourth-order valence-corrected chi connectivity index (χ4v) is 3.29. The van der Waals surface area contributed by atoms with Crippen molar-refractivity contribution in [2.24, 2.45) is 13.0 Å². The van der Waals surface area contributed by atoms with E-state index in [-0.39, 0.29) is 0 Å². The zero-order valence-corrected chi connectivity index (χ0v) is 12.1. The standard InChI is InChI=1S/C15H21N5/c1-16-15-12(10-14-17-19-20(2)18-14)8-5-7-11-6-3-4-9-13(11)15/h3-4,6,9,12,15-16H,5,7-8,10H2,1-2H3. The lowest BCUT2D eigenvalue weighted by Gasteiger charge is -2.25. The van der Waals surface area contributed by atoms with Gasteiger partial charge in [0.1, 0.15) is 0 Å². The number of aryl methyl sites for hydroxylation is 2. The molecule has 2 atom stereocenters. The van der Waals surface area contributed by atoms with Gasteiger partial charge in [-0.15, -0.1) is 10.2 Å². The lowest BCUT2D eigenvalue weighted by molar-refractivity contribution is 0.353. The summed E-state index contributed by atoms with van der Waals surface area (Å²) in [6.45, 7) is 0. The normalized spacial score (nSPS) is 22.3. The van der Waals surface area contributed by atoms with Crippen LogP contribution in [0, 0.1) is 5.92 Å². The molecule has 1 N–H and O–H groups in total. The molecule has 0 amide bonds. The number of nitrogens with zero attached hydrogens (tertiary/aromatic N) is 4. The topological polar surface area (TPSA) is 55.6 Å². The number of benzene rings is 1. The van der Waals surface area contributed by atoms with Gasteiger partial charge >= 0.3 is 0 Å². The van der Waals surface area contributed by atoms with Crippen LogP contribution in [0.4, 0.5) is 0 Å². The van der Waals surface area contributed by atoms with Crippen molar-refractivity contribution >= 4 is 0 Å². The Hall–Kier alpha value is -1.75. The molecule has 1 heterocycles. The highest BCUT2D eigenvalue weighted by atomic mass is 15.6. The predicted molar refractivity (Wildman–Crippen MR) is 77.2 cm³/mol. The van der Waals surface area contributed by atoms with E-state index in [0.717, 1.165) is 12.2 Å². The Morgan fingerprint density at radius 2 is 2.20 bits per heavy atom. The molecule has 1 aromatic heterocycles. The molecule has 1 aromatic carbocycles.